The van der Waals surface area contributed by atoms with Crippen LogP contribution in [0.1, 0.15) is 11.1 Å². The third-order valence-corrected chi connectivity index (χ3v) is 2.82. The van der Waals surface area contributed by atoms with Crippen LogP contribution >= 0.6 is 11.6 Å². The van der Waals surface area contributed by atoms with Crippen molar-refractivity contribution in [3.05, 3.63) is 58.6 Å². The molecule has 2 rings (SSSR count). The first-order chi connectivity index (χ1) is 8.69. The second-order valence-electron chi connectivity index (χ2n) is 3.83. The first-order valence-electron chi connectivity index (χ1n) is 5.40. The summed E-state index contributed by atoms with van der Waals surface area (Å²) in [6.07, 6.45) is 0. The summed E-state index contributed by atoms with van der Waals surface area (Å²) in [5.41, 5.74) is 2.22. The minimum atomic E-state index is 0.239. The van der Waals surface area contributed by atoms with Crippen molar-refractivity contribution in [3.63, 3.8) is 0 Å². The van der Waals surface area contributed by atoms with Gasteiger partial charge in [-0.1, -0.05) is 23.7 Å². The molecular formula is C14H11ClN2O. The second-order valence-corrected chi connectivity index (χ2v) is 4.24. The normalized spacial score (nSPS) is 9.78. The second kappa shape index (κ2) is 5.44. The number of hydrogen-bond acceptors (Lipinski definition) is 3. The van der Waals surface area contributed by atoms with Gasteiger partial charge in [-0.15, -0.1) is 0 Å². The fraction of sp³-hybridized carbons (Fsp3) is 0.0714. The first kappa shape index (κ1) is 12.3. The van der Waals surface area contributed by atoms with Gasteiger partial charge in [0, 0.05) is 12.2 Å². The number of phenolic OH excluding ortho intramolecular Hbond substituents is 1. The van der Waals surface area contributed by atoms with Crippen molar-refractivity contribution >= 4 is 17.3 Å². The summed E-state index contributed by atoms with van der Waals surface area (Å²) in [6, 6.07) is 14.2. The molecule has 4 heteroatoms. The third-order valence-electron chi connectivity index (χ3n) is 2.49. The Balaban J connectivity index is 2.09. The van der Waals surface area contributed by atoms with Gasteiger partial charge in [-0.25, -0.2) is 0 Å². The maximum atomic E-state index is 9.34. The van der Waals surface area contributed by atoms with Crippen molar-refractivity contribution < 1.29 is 5.11 Å². The minimum Gasteiger partial charge on any atom is -0.508 e. The predicted molar refractivity (Wildman–Crippen MR) is 71.6 cm³/mol. The Morgan fingerprint density at radius 2 is 2.06 bits per heavy atom. The average Bonchev–Trinajstić information content (AvgIpc) is 2.38. The zero-order chi connectivity index (χ0) is 13.0. The SMILES string of the molecule is N#Cc1cc(NCc2cccc(O)c2)ccc1Cl. The molecule has 0 fully saturated rings. The van der Waals surface area contributed by atoms with Crippen LogP contribution in [0.3, 0.4) is 0 Å². The molecule has 0 spiro atoms. The molecule has 0 radical (unpaired) electrons. The van der Waals surface area contributed by atoms with Gasteiger partial charge in [0.1, 0.15) is 11.8 Å². The Morgan fingerprint density at radius 3 is 2.78 bits per heavy atom. The van der Waals surface area contributed by atoms with Crippen LogP contribution in [0, 0.1) is 11.3 Å². The van der Waals surface area contributed by atoms with E-state index in [1.807, 2.05) is 18.2 Å². The van der Waals surface area contributed by atoms with E-state index in [-0.39, 0.29) is 5.75 Å². The highest BCUT2D eigenvalue weighted by atomic mass is 35.5. The molecule has 0 amide bonds. The van der Waals surface area contributed by atoms with E-state index in [2.05, 4.69) is 5.32 Å². The average molecular weight is 259 g/mol. The molecule has 2 aromatic carbocycles. The molecule has 0 saturated heterocycles. The van der Waals surface area contributed by atoms with Crippen molar-refractivity contribution in [1.29, 1.82) is 5.26 Å². The van der Waals surface area contributed by atoms with E-state index in [1.54, 1.807) is 30.3 Å². The molecule has 0 unspecified atom stereocenters. The number of phenols is 1. The molecule has 0 aliphatic heterocycles. The summed E-state index contributed by atoms with van der Waals surface area (Å²) in [7, 11) is 0. The van der Waals surface area contributed by atoms with E-state index in [9.17, 15) is 5.11 Å². The number of hydrogen-bond donors (Lipinski definition) is 2. The Kier molecular flexibility index (Phi) is 3.71. The van der Waals surface area contributed by atoms with Gasteiger partial charge in [-0.2, -0.15) is 5.26 Å². The number of halogens is 1. The molecule has 2 N–H and O–H groups in total. The summed E-state index contributed by atoms with van der Waals surface area (Å²) < 4.78 is 0. The fourth-order valence-electron chi connectivity index (χ4n) is 1.59. The van der Waals surface area contributed by atoms with E-state index in [0.29, 0.717) is 17.1 Å². The highest BCUT2D eigenvalue weighted by molar-refractivity contribution is 6.31. The summed E-state index contributed by atoms with van der Waals surface area (Å²) in [6.45, 7) is 0.570. The topological polar surface area (TPSA) is 56.0 Å². The number of rotatable bonds is 3. The number of anilines is 1. The number of aromatic hydroxyl groups is 1. The summed E-state index contributed by atoms with van der Waals surface area (Å²) in [5.74, 6) is 0.239. The van der Waals surface area contributed by atoms with E-state index in [0.717, 1.165) is 11.3 Å². The molecule has 0 bridgehead atoms. The van der Waals surface area contributed by atoms with Gasteiger partial charge in [0.05, 0.1) is 10.6 Å². The molecule has 3 nitrogen and oxygen atoms in total. The standard InChI is InChI=1S/C14H11ClN2O/c15-14-5-4-12(7-11(14)8-16)17-9-10-2-1-3-13(18)6-10/h1-7,17-18H,9H2. The van der Waals surface area contributed by atoms with Crippen LogP contribution in [0.2, 0.25) is 5.02 Å². The summed E-state index contributed by atoms with van der Waals surface area (Å²) in [4.78, 5) is 0. The largest absolute Gasteiger partial charge is 0.508 e. The molecule has 0 atom stereocenters. The van der Waals surface area contributed by atoms with Gasteiger partial charge in [0.25, 0.3) is 0 Å². The predicted octanol–water partition coefficient (Wildman–Crippen LogP) is 3.53. The third kappa shape index (κ3) is 2.93. The van der Waals surface area contributed by atoms with Crippen molar-refractivity contribution in [2.24, 2.45) is 0 Å². The van der Waals surface area contributed by atoms with E-state index < -0.39 is 0 Å². The molecule has 0 aliphatic rings. The van der Waals surface area contributed by atoms with Gasteiger partial charge >= 0.3 is 0 Å². The summed E-state index contributed by atoms with van der Waals surface area (Å²) >= 11 is 5.85. The van der Waals surface area contributed by atoms with Gasteiger partial charge in [0.15, 0.2) is 0 Å². The molecule has 0 aromatic heterocycles. The van der Waals surface area contributed by atoms with Crippen LogP contribution in [-0.2, 0) is 6.54 Å². The lowest BCUT2D eigenvalue weighted by molar-refractivity contribution is 0.474. The van der Waals surface area contributed by atoms with E-state index in [4.69, 9.17) is 16.9 Å². The van der Waals surface area contributed by atoms with Crippen LogP contribution < -0.4 is 5.32 Å². The molecule has 90 valence electrons. The Hall–Kier alpha value is -2.18. The molecule has 2 aromatic rings. The maximum Gasteiger partial charge on any atom is 0.115 e. The number of nitrogens with zero attached hydrogens (tertiary/aromatic N) is 1. The number of nitriles is 1. The van der Waals surface area contributed by atoms with Crippen LogP contribution in [-0.4, -0.2) is 5.11 Å². The maximum absolute atomic E-state index is 9.34. The van der Waals surface area contributed by atoms with Crippen molar-refractivity contribution in [1.82, 2.24) is 0 Å². The van der Waals surface area contributed by atoms with Crippen LogP contribution in [0.25, 0.3) is 0 Å². The van der Waals surface area contributed by atoms with Crippen LogP contribution in [0.4, 0.5) is 5.69 Å². The van der Waals surface area contributed by atoms with Crippen molar-refractivity contribution in [2.45, 2.75) is 6.54 Å². The lowest BCUT2D eigenvalue weighted by atomic mass is 10.2. The van der Waals surface area contributed by atoms with E-state index >= 15 is 0 Å². The minimum absolute atomic E-state index is 0.239. The van der Waals surface area contributed by atoms with Crippen LogP contribution in [0.5, 0.6) is 5.75 Å². The molecule has 18 heavy (non-hydrogen) atoms. The van der Waals surface area contributed by atoms with Gasteiger partial charge < -0.3 is 10.4 Å². The molecule has 0 saturated carbocycles. The van der Waals surface area contributed by atoms with Crippen LogP contribution in [0.15, 0.2) is 42.5 Å². The number of nitrogens with one attached hydrogen (secondary N) is 1. The monoisotopic (exact) mass is 258 g/mol. The summed E-state index contributed by atoms with van der Waals surface area (Å²) in [5, 5.41) is 21.8. The Bertz CT molecular complexity index is 605. The molecular weight excluding hydrogens is 248 g/mol. The van der Waals surface area contributed by atoms with Crippen molar-refractivity contribution in [2.75, 3.05) is 5.32 Å². The highest BCUT2D eigenvalue weighted by Gasteiger charge is 2.01. The van der Waals surface area contributed by atoms with Gasteiger partial charge in [0.2, 0.25) is 0 Å². The smallest absolute Gasteiger partial charge is 0.115 e. The lowest BCUT2D eigenvalue weighted by Crippen LogP contribution is -1.99. The lowest BCUT2D eigenvalue weighted by Gasteiger charge is -2.07. The highest BCUT2D eigenvalue weighted by Crippen LogP contribution is 2.20. The first-order valence-corrected chi connectivity index (χ1v) is 5.78. The van der Waals surface area contributed by atoms with Gasteiger partial charge in [-0.3, -0.25) is 0 Å². The number of benzene rings is 2. The molecule has 0 aliphatic carbocycles. The van der Waals surface area contributed by atoms with Gasteiger partial charge in [-0.05, 0) is 35.9 Å². The fourth-order valence-corrected chi connectivity index (χ4v) is 1.75. The Labute approximate surface area is 110 Å². The Morgan fingerprint density at radius 1 is 1.22 bits per heavy atom. The van der Waals surface area contributed by atoms with Crippen molar-refractivity contribution in [3.8, 4) is 11.8 Å². The zero-order valence-corrected chi connectivity index (χ0v) is 10.3. The zero-order valence-electron chi connectivity index (χ0n) is 9.52. The quantitative estimate of drug-likeness (QED) is 0.886. The molecule has 0 heterocycles. The van der Waals surface area contributed by atoms with E-state index in [1.165, 1.54) is 0 Å².